The average Bonchev–Trinajstić information content (AvgIpc) is 2.33. The van der Waals surface area contributed by atoms with Gasteiger partial charge in [-0.25, -0.2) is 8.42 Å². The third-order valence-corrected chi connectivity index (χ3v) is 2.64. The summed E-state index contributed by atoms with van der Waals surface area (Å²) >= 11 is 0. The number of hydrogen-bond donors (Lipinski definition) is 1. The monoisotopic (exact) mass is 205 g/mol. The van der Waals surface area contributed by atoms with Crippen LogP contribution >= 0.6 is 0 Å². The first-order valence-electron chi connectivity index (χ1n) is 4.24. The van der Waals surface area contributed by atoms with E-state index in [1.54, 1.807) is 6.08 Å². The van der Waals surface area contributed by atoms with Crippen molar-refractivity contribution >= 4 is 9.84 Å². The largest absolute Gasteiger partial charge is 0.392 e. The first-order chi connectivity index (χ1) is 5.97. The highest BCUT2D eigenvalue weighted by atomic mass is 32.2. The highest BCUT2D eigenvalue weighted by molar-refractivity contribution is 7.93. The second-order valence-electron chi connectivity index (χ2n) is 3.40. The summed E-state index contributed by atoms with van der Waals surface area (Å²) in [6, 6.07) is 0. The lowest BCUT2D eigenvalue weighted by molar-refractivity contribution is 0.179. The smallest absolute Gasteiger partial charge is 0.168 e. The van der Waals surface area contributed by atoms with E-state index < -0.39 is 9.84 Å². The van der Waals surface area contributed by atoms with Gasteiger partial charge in [0, 0.05) is 31.3 Å². The quantitative estimate of drug-likeness (QED) is 0.682. The minimum atomic E-state index is -3.00. The predicted molar refractivity (Wildman–Crippen MR) is 51.0 cm³/mol. The fraction of sp³-hybridized carbons (Fsp3) is 0.750. The lowest BCUT2D eigenvalue weighted by atomic mass is 10.3. The van der Waals surface area contributed by atoms with Crippen LogP contribution in [0.25, 0.3) is 0 Å². The maximum absolute atomic E-state index is 10.7. The molecule has 5 heteroatoms. The van der Waals surface area contributed by atoms with Crippen LogP contribution in [-0.2, 0) is 9.84 Å². The van der Waals surface area contributed by atoms with E-state index in [2.05, 4.69) is 0 Å². The summed E-state index contributed by atoms with van der Waals surface area (Å²) in [5, 5.41) is 10.4. The van der Waals surface area contributed by atoms with Gasteiger partial charge in [0.15, 0.2) is 9.84 Å². The van der Waals surface area contributed by atoms with E-state index in [1.807, 2.05) is 4.90 Å². The first-order valence-corrected chi connectivity index (χ1v) is 6.20. The van der Waals surface area contributed by atoms with E-state index in [0.717, 1.165) is 13.0 Å². The van der Waals surface area contributed by atoms with E-state index >= 15 is 0 Å². The molecule has 0 aliphatic carbocycles. The van der Waals surface area contributed by atoms with Crippen LogP contribution in [0.4, 0.5) is 0 Å². The SMILES string of the molecule is CS(=O)(=O)/C=C/CN1CCC(O)C1. The number of nitrogens with zero attached hydrogens (tertiary/aromatic N) is 1. The molecule has 1 N–H and O–H groups in total. The Morgan fingerprint density at radius 2 is 2.31 bits per heavy atom. The van der Waals surface area contributed by atoms with Gasteiger partial charge < -0.3 is 5.11 Å². The standard InChI is InChI=1S/C8H15NO3S/c1-13(11,12)6-2-4-9-5-3-8(10)7-9/h2,6,8,10H,3-5,7H2,1H3/b6-2+. The average molecular weight is 205 g/mol. The Balaban J connectivity index is 2.31. The van der Waals surface area contributed by atoms with Gasteiger partial charge in [-0.2, -0.15) is 0 Å². The van der Waals surface area contributed by atoms with Crippen molar-refractivity contribution in [3.05, 3.63) is 11.5 Å². The Bertz CT molecular complexity index is 284. The molecule has 0 bridgehead atoms. The number of likely N-dealkylation sites (tertiary alicyclic amines) is 1. The molecule has 76 valence electrons. The van der Waals surface area contributed by atoms with Gasteiger partial charge in [-0.1, -0.05) is 6.08 Å². The molecule has 1 heterocycles. The first kappa shape index (κ1) is 10.7. The van der Waals surface area contributed by atoms with Crippen molar-refractivity contribution in [2.24, 2.45) is 0 Å². The zero-order valence-corrected chi connectivity index (χ0v) is 8.50. The fourth-order valence-electron chi connectivity index (χ4n) is 1.34. The van der Waals surface area contributed by atoms with E-state index in [9.17, 15) is 13.5 Å². The maximum atomic E-state index is 10.7. The van der Waals surface area contributed by atoms with Crippen LogP contribution < -0.4 is 0 Å². The molecule has 1 aliphatic rings. The lowest BCUT2D eigenvalue weighted by Gasteiger charge is -2.10. The molecule has 0 amide bonds. The van der Waals surface area contributed by atoms with Crippen molar-refractivity contribution in [3.63, 3.8) is 0 Å². The van der Waals surface area contributed by atoms with Crippen LogP contribution in [0.2, 0.25) is 0 Å². The van der Waals surface area contributed by atoms with Crippen molar-refractivity contribution in [2.45, 2.75) is 12.5 Å². The van der Waals surface area contributed by atoms with E-state index in [-0.39, 0.29) is 6.10 Å². The highest BCUT2D eigenvalue weighted by Gasteiger charge is 2.18. The molecule has 1 aliphatic heterocycles. The summed E-state index contributed by atoms with van der Waals surface area (Å²) in [7, 11) is -3.00. The van der Waals surface area contributed by atoms with Crippen LogP contribution in [0.3, 0.4) is 0 Å². The predicted octanol–water partition coefficient (Wildman–Crippen LogP) is -0.389. The molecular weight excluding hydrogens is 190 g/mol. The molecule has 1 saturated heterocycles. The van der Waals surface area contributed by atoms with Gasteiger partial charge in [-0.05, 0) is 6.42 Å². The molecule has 1 unspecified atom stereocenters. The summed E-state index contributed by atoms with van der Waals surface area (Å²) in [6.07, 6.45) is 3.33. The number of rotatable bonds is 3. The van der Waals surface area contributed by atoms with Crippen molar-refractivity contribution in [1.82, 2.24) is 4.90 Å². The molecule has 1 fully saturated rings. The van der Waals surface area contributed by atoms with Gasteiger partial charge in [0.05, 0.1) is 6.10 Å². The van der Waals surface area contributed by atoms with E-state index in [4.69, 9.17) is 0 Å². The summed E-state index contributed by atoms with van der Waals surface area (Å²) < 4.78 is 21.4. The molecule has 1 rings (SSSR count). The summed E-state index contributed by atoms with van der Waals surface area (Å²) in [5.74, 6) is 0. The molecule has 13 heavy (non-hydrogen) atoms. The normalized spacial score (nSPS) is 25.8. The van der Waals surface area contributed by atoms with Crippen molar-refractivity contribution < 1.29 is 13.5 Å². The van der Waals surface area contributed by atoms with Crippen molar-refractivity contribution in [3.8, 4) is 0 Å². The Morgan fingerprint density at radius 1 is 1.62 bits per heavy atom. The van der Waals surface area contributed by atoms with Crippen molar-refractivity contribution in [1.29, 1.82) is 0 Å². The molecular formula is C8H15NO3S. The van der Waals surface area contributed by atoms with Crippen LogP contribution in [0.1, 0.15) is 6.42 Å². The summed E-state index contributed by atoms with van der Waals surface area (Å²) in [6.45, 7) is 2.09. The van der Waals surface area contributed by atoms with Gasteiger partial charge in [-0.3, -0.25) is 4.90 Å². The second kappa shape index (κ2) is 4.21. The molecule has 4 nitrogen and oxygen atoms in total. The highest BCUT2D eigenvalue weighted by Crippen LogP contribution is 2.07. The van der Waals surface area contributed by atoms with Gasteiger partial charge in [0.2, 0.25) is 0 Å². The third kappa shape index (κ3) is 4.40. The molecule has 0 aromatic heterocycles. The second-order valence-corrected chi connectivity index (χ2v) is 5.33. The van der Waals surface area contributed by atoms with Gasteiger partial charge >= 0.3 is 0 Å². The minimum absolute atomic E-state index is 0.244. The zero-order chi connectivity index (χ0) is 9.90. The number of sulfone groups is 1. The number of hydrogen-bond acceptors (Lipinski definition) is 4. The lowest BCUT2D eigenvalue weighted by Crippen LogP contribution is -2.22. The third-order valence-electron chi connectivity index (χ3n) is 1.95. The van der Waals surface area contributed by atoms with Crippen LogP contribution in [-0.4, -0.2) is 50.4 Å². The molecule has 0 saturated carbocycles. The Hall–Kier alpha value is -0.390. The van der Waals surface area contributed by atoms with Crippen LogP contribution in [0.5, 0.6) is 0 Å². The molecule has 0 aromatic carbocycles. The van der Waals surface area contributed by atoms with Crippen LogP contribution in [0.15, 0.2) is 11.5 Å². The molecule has 1 atom stereocenters. The van der Waals surface area contributed by atoms with Crippen LogP contribution in [0, 0.1) is 0 Å². The molecule has 0 spiro atoms. The minimum Gasteiger partial charge on any atom is -0.392 e. The summed E-state index contributed by atoms with van der Waals surface area (Å²) in [5.41, 5.74) is 0. The topological polar surface area (TPSA) is 57.6 Å². The fourth-order valence-corrected chi connectivity index (χ4v) is 1.78. The Morgan fingerprint density at radius 3 is 2.77 bits per heavy atom. The Labute approximate surface area is 78.8 Å². The van der Waals surface area contributed by atoms with Crippen molar-refractivity contribution in [2.75, 3.05) is 25.9 Å². The maximum Gasteiger partial charge on any atom is 0.168 e. The Kier molecular flexibility index (Phi) is 3.47. The van der Waals surface area contributed by atoms with E-state index in [1.165, 1.54) is 11.7 Å². The van der Waals surface area contributed by atoms with Gasteiger partial charge in [-0.15, -0.1) is 0 Å². The number of β-amino-alcohol motifs (C(OH)–C–C–N with tert-alkyl or cyclic N) is 1. The summed E-state index contributed by atoms with van der Waals surface area (Å²) in [4.78, 5) is 2.02. The number of aliphatic hydroxyl groups is 1. The molecule has 0 radical (unpaired) electrons. The van der Waals surface area contributed by atoms with Gasteiger partial charge in [0.1, 0.15) is 0 Å². The number of aliphatic hydroxyl groups excluding tert-OH is 1. The zero-order valence-electron chi connectivity index (χ0n) is 7.68. The molecule has 0 aromatic rings. The van der Waals surface area contributed by atoms with E-state index in [0.29, 0.717) is 13.1 Å². The van der Waals surface area contributed by atoms with Gasteiger partial charge in [0.25, 0.3) is 0 Å².